The highest BCUT2D eigenvalue weighted by Crippen LogP contribution is 2.31. The highest BCUT2D eigenvalue weighted by Gasteiger charge is 2.28. The molecule has 0 radical (unpaired) electrons. The topological polar surface area (TPSA) is 96.2 Å². The summed E-state index contributed by atoms with van der Waals surface area (Å²) in [6, 6.07) is 14.1. The number of aryl methyl sites for hydroxylation is 1. The number of nitrogens with one attached hydrogen (secondary N) is 3. The third-order valence-electron chi connectivity index (χ3n) is 4.51. The van der Waals surface area contributed by atoms with Gasteiger partial charge in [-0.05, 0) is 55.5 Å². The molecule has 0 aliphatic heterocycles. The van der Waals surface area contributed by atoms with Gasteiger partial charge in [-0.25, -0.2) is 4.79 Å². The summed E-state index contributed by atoms with van der Waals surface area (Å²) in [5.41, 5.74) is 8.68. The molecule has 6 nitrogen and oxygen atoms in total. The molecule has 0 spiro atoms. The van der Waals surface area contributed by atoms with Crippen molar-refractivity contribution in [2.75, 3.05) is 17.2 Å². The van der Waals surface area contributed by atoms with Crippen molar-refractivity contribution in [2.24, 2.45) is 11.7 Å². The number of benzene rings is 2. The largest absolute Gasteiger partial charge is 0.350 e. The summed E-state index contributed by atoms with van der Waals surface area (Å²) in [6.07, 6.45) is 2.29. The maximum absolute atomic E-state index is 12.3. The molecule has 3 amide bonds. The van der Waals surface area contributed by atoms with E-state index in [0.29, 0.717) is 29.4 Å². The molecule has 1 aliphatic carbocycles. The molecule has 0 bridgehead atoms. The van der Waals surface area contributed by atoms with Gasteiger partial charge < -0.3 is 21.7 Å². The first-order chi connectivity index (χ1) is 12.5. The van der Waals surface area contributed by atoms with Crippen LogP contribution in [-0.4, -0.2) is 24.5 Å². The van der Waals surface area contributed by atoms with Crippen LogP contribution >= 0.6 is 12.4 Å². The van der Waals surface area contributed by atoms with Gasteiger partial charge in [0.2, 0.25) is 0 Å². The van der Waals surface area contributed by atoms with Crippen LogP contribution in [0.4, 0.5) is 16.2 Å². The molecule has 0 aromatic heterocycles. The van der Waals surface area contributed by atoms with Crippen molar-refractivity contribution >= 4 is 35.7 Å². The van der Waals surface area contributed by atoms with E-state index >= 15 is 0 Å². The fourth-order valence-corrected chi connectivity index (χ4v) is 2.71. The number of carbonyl (C=O) groups is 2. The molecule has 2 aromatic carbocycles. The van der Waals surface area contributed by atoms with Crippen LogP contribution in [-0.2, 0) is 0 Å². The fourth-order valence-electron chi connectivity index (χ4n) is 2.71. The van der Waals surface area contributed by atoms with Gasteiger partial charge in [-0.3, -0.25) is 4.79 Å². The van der Waals surface area contributed by atoms with E-state index in [1.807, 2.05) is 31.2 Å². The maximum Gasteiger partial charge on any atom is 0.323 e. The monoisotopic (exact) mass is 388 g/mol. The Balaban J connectivity index is 0.00000261. The minimum absolute atomic E-state index is 0. The van der Waals surface area contributed by atoms with E-state index in [2.05, 4.69) is 16.0 Å². The second-order valence-corrected chi connectivity index (χ2v) is 6.69. The predicted octanol–water partition coefficient (Wildman–Crippen LogP) is 3.53. The third kappa shape index (κ3) is 5.98. The van der Waals surface area contributed by atoms with Gasteiger partial charge in [0, 0.05) is 29.5 Å². The fraction of sp³-hybridized carbons (Fsp3) is 0.300. The van der Waals surface area contributed by atoms with Crippen molar-refractivity contribution < 1.29 is 9.59 Å². The van der Waals surface area contributed by atoms with Crippen LogP contribution in [0.2, 0.25) is 0 Å². The Hall–Kier alpha value is -2.57. The van der Waals surface area contributed by atoms with E-state index in [0.717, 1.165) is 18.4 Å². The van der Waals surface area contributed by atoms with Gasteiger partial charge in [0.05, 0.1) is 0 Å². The Morgan fingerprint density at radius 2 is 1.81 bits per heavy atom. The molecule has 27 heavy (non-hydrogen) atoms. The Morgan fingerprint density at radius 3 is 2.48 bits per heavy atom. The number of carbonyl (C=O) groups excluding carboxylic acids is 2. The summed E-state index contributed by atoms with van der Waals surface area (Å²) < 4.78 is 0. The molecule has 1 fully saturated rings. The smallest absolute Gasteiger partial charge is 0.323 e. The molecule has 0 heterocycles. The minimum Gasteiger partial charge on any atom is -0.350 e. The lowest BCUT2D eigenvalue weighted by Crippen LogP contribution is -2.38. The number of amides is 3. The van der Waals surface area contributed by atoms with Crippen LogP contribution in [0.3, 0.4) is 0 Å². The van der Waals surface area contributed by atoms with E-state index in [-0.39, 0.29) is 30.4 Å². The van der Waals surface area contributed by atoms with Gasteiger partial charge in [0.25, 0.3) is 5.91 Å². The second kappa shape index (κ2) is 9.39. The van der Waals surface area contributed by atoms with Crippen molar-refractivity contribution in [3.05, 3.63) is 59.7 Å². The van der Waals surface area contributed by atoms with Gasteiger partial charge in [-0.15, -0.1) is 12.4 Å². The van der Waals surface area contributed by atoms with Crippen LogP contribution in [0, 0.1) is 12.8 Å². The number of rotatable bonds is 6. The lowest BCUT2D eigenvalue weighted by Gasteiger charge is -2.14. The normalized spacial score (nSPS) is 13.9. The van der Waals surface area contributed by atoms with E-state index in [1.54, 1.807) is 24.3 Å². The van der Waals surface area contributed by atoms with Crippen LogP contribution in [0.25, 0.3) is 0 Å². The van der Waals surface area contributed by atoms with Crippen molar-refractivity contribution in [1.82, 2.24) is 5.32 Å². The van der Waals surface area contributed by atoms with Gasteiger partial charge in [0.1, 0.15) is 0 Å². The number of urea groups is 1. The van der Waals surface area contributed by atoms with Gasteiger partial charge in [-0.1, -0.05) is 24.3 Å². The molecule has 1 atom stereocenters. The first-order valence-electron chi connectivity index (χ1n) is 8.80. The van der Waals surface area contributed by atoms with E-state index < -0.39 is 0 Å². The SMILES string of the molecule is Cc1ccc(C(=O)NCC(N)C2CC2)cc1NC(=O)Nc1ccccc1.Cl. The Kier molecular flexibility index (Phi) is 7.21. The Morgan fingerprint density at radius 1 is 1.11 bits per heavy atom. The quantitative estimate of drug-likeness (QED) is 0.609. The second-order valence-electron chi connectivity index (χ2n) is 6.69. The van der Waals surface area contributed by atoms with E-state index in [9.17, 15) is 9.59 Å². The zero-order chi connectivity index (χ0) is 18.5. The molecule has 1 unspecified atom stereocenters. The number of hydrogen-bond acceptors (Lipinski definition) is 3. The summed E-state index contributed by atoms with van der Waals surface area (Å²) in [5.74, 6) is 0.347. The van der Waals surface area contributed by atoms with Gasteiger partial charge in [0.15, 0.2) is 0 Å². The summed E-state index contributed by atoms with van der Waals surface area (Å²) in [4.78, 5) is 24.5. The minimum atomic E-state index is -0.354. The molecular weight excluding hydrogens is 364 g/mol. The molecule has 144 valence electrons. The molecule has 1 saturated carbocycles. The first-order valence-corrected chi connectivity index (χ1v) is 8.80. The van der Waals surface area contributed by atoms with E-state index in [1.165, 1.54) is 0 Å². The van der Waals surface area contributed by atoms with Crippen molar-refractivity contribution in [2.45, 2.75) is 25.8 Å². The van der Waals surface area contributed by atoms with Gasteiger partial charge >= 0.3 is 6.03 Å². The molecule has 2 aromatic rings. The van der Waals surface area contributed by atoms with Gasteiger partial charge in [-0.2, -0.15) is 0 Å². The van der Waals surface area contributed by atoms with E-state index in [4.69, 9.17) is 5.73 Å². The van der Waals surface area contributed by atoms with Crippen molar-refractivity contribution in [3.8, 4) is 0 Å². The summed E-state index contributed by atoms with van der Waals surface area (Å²) in [7, 11) is 0. The van der Waals surface area contributed by atoms with Crippen molar-refractivity contribution in [1.29, 1.82) is 0 Å². The molecule has 7 heteroatoms. The third-order valence-corrected chi connectivity index (χ3v) is 4.51. The molecule has 0 saturated heterocycles. The van der Waals surface area contributed by atoms with Crippen LogP contribution in [0.1, 0.15) is 28.8 Å². The summed E-state index contributed by atoms with van der Waals surface area (Å²) in [6.45, 7) is 2.34. The van der Waals surface area contributed by atoms with Crippen LogP contribution < -0.4 is 21.7 Å². The average molecular weight is 389 g/mol. The van der Waals surface area contributed by atoms with Crippen LogP contribution in [0.15, 0.2) is 48.5 Å². The van der Waals surface area contributed by atoms with Crippen molar-refractivity contribution in [3.63, 3.8) is 0 Å². The zero-order valence-electron chi connectivity index (χ0n) is 15.2. The number of anilines is 2. The standard InChI is InChI=1S/C20H24N4O2.ClH/c1-13-7-8-15(19(25)22-12-17(21)14-9-10-14)11-18(13)24-20(26)23-16-5-3-2-4-6-16;/h2-8,11,14,17H,9-10,12,21H2,1H3,(H,22,25)(H2,23,24,26);1H. The Labute approximate surface area is 165 Å². The first kappa shape index (κ1) is 20.7. The summed E-state index contributed by atoms with van der Waals surface area (Å²) in [5, 5.41) is 8.42. The number of para-hydroxylation sites is 1. The highest BCUT2D eigenvalue weighted by atomic mass is 35.5. The molecule has 1 aliphatic rings. The number of nitrogens with two attached hydrogens (primary N) is 1. The van der Waals surface area contributed by atoms with Crippen LogP contribution in [0.5, 0.6) is 0 Å². The molecular formula is C20H25ClN4O2. The Bertz CT molecular complexity index is 794. The average Bonchev–Trinajstić information content (AvgIpc) is 3.47. The molecule has 5 N–H and O–H groups in total. The number of hydrogen-bond donors (Lipinski definition) is 4. The highest BCUT2D eigenvalue weighted by molar-refractivity contribution is 6.02. The lowest BCUT2D eigenvalue weighted by molar-refractivity contribution is 0.0950. The zero-order valence-corrected chi connectivity index (χ0v) is 16.0. The number of halogens is 1. The lowest BCUT2D eigenvalue weighted by atomic mass is 10.1. The predicted molar refractivity (Wildman–Crippen MR) is 111 cm³/mol. The molecule has 3 rings (SSSR count). The maximum atomic E-state index is 12.3. The summed E-state index contributed by atoms with van der Waals surface area (Å²) >= 11 is 0.